The SMILES string of the molecule is CC(C)(C)c1cc2c3[nH]c4c(cc(C(C)(C)C)cc4c3c1)-c1cc(-c3ccccc3)cc(n1)-c1cc(-c3ccccc3)cc(n1)Sc1cccc-2n1. The van der Waals surface area contributed by atoms with Gasteiger partial charge < -0.3 is 4.98 Å². The maximum Gasteiger partial charge on any atom is 0.104 e. The van der Waals surface area contributed by atoms with E-state index in [2.05, 4.69) is 174 Å². The smallest absolute Gasteiger partial charge is 0.104 e. The largest absolute Gasteiger partial charge is 0.353 e. The molecule has 4 aromatic heterocycles. The second-order valence-corrected chi connectivity index (χ2v) is 17.0. The number of benzene rings is 4. The van der Waals surface area contributed by atoms with E-state index >= 15 is 0 Å². The number of aromatic nitrogens is 4. The van der Waals surface area contributed by atoms with Gasteiger partial charge in [0.05, 0.1) is 33.8 Å². The number of rotatable bonds is 2. The van der Waals surface area contributed by atoms with Crippen LogP contribution in [0.25, 0.3) is 78.0 Å². The Hall–Kier alpha value is -5.52. The third-order valence-corrected chi connectivity index (χ3v) is 11.0. The van der Waals surface area contributed by atoms with Crippen LogP contribution < -0.4 is 0 Å². The van der Waals surface area contributed by atoms with Crippen LogP contribution in [-0.4, -0.2) is 19.9 Å². The zero-order valence-electron chi connectivity index (χ0n) is 30.4. The second-order valence-electron chi connectivity index (χ2n) is 15.9. The van der Waals surface area contributed by atoms with E-state index in [0.717, 1.165) is 77.2 Å². The first-order chi connectivity index (χ1) is 25.0. The van der Waals surface area contributed by atoms with Crippen molar-refractivity contribution in [1.29, 1.82) is 0 Å². The molecule has 1 aliphatic rings. The summed E-state index contributed by atoms with van der Waals surface area (Å²) in [6, 6.07) is 45.7. The minimum absolute atomic E-state index is 0.0666. The van der Waals surface area contributed by atoms with Crippen molar-refractivity contribution >= 4 is 33.6 Å². The average molecular weight is 693 g/mol. The molecule has 0 aliphatic carbocycles. The number of hydrogen-bond acceptors (Lipinski definition) is 4. The average Bonchev–Trinajstić information content (AvgIpc) is 3.52. The molecule has 8 aromatic rings. The molecular formula is C47H40N4S. The lowest BCUT2D eigenvalue weighted by Crippen LogP contribution is -2.11. The molecule has 5 heterocycles. The van der Waals surface area contributed by atoms with Crippen LogP contribution in [-0.2, 0) is 10.8 Å². The summed E-state index contributed by atoms with van der Waals surface area (Å²) in [6.45, 7) is 13.7. The first kappa shape index (κ1) is 32.4. The lowest BCUT2D eigenvalue weighted by molar-refractivity contribution is 0.590. The van der Waals surface area contributed by atoms with Crippen molar-refractivity contribution in [1.82, 2.24) is 19.9 Å². The molecule has 0 radical (unpaired) electrons. The van der Waals surface area contributed by atoms with E-state index in [9.17, 15) is 0 Å². The Morgan fingerprint density at radius 2 is 0.923 bits per heavy atom. The van der Waals surface area contributed by atoms with Crippen LogP contribution in [0.2, 0.25) is 0 Å². The molecule has 4 nitrogen and oxygen atoms in total. The maximum absolute atomic E-state index is 5.49. The summed E-state index contributed by atoms with van der Waals surface area (Å²) in [6.07, 6.45) is 0. The van der Waals surface area contributed by atoms with Crippen LogP contribution in [0.4, 0.5) is 0 Å². The summed E-state index contributed by atoms with van der Waals surface area (Å²) in [5.74, 6) is 0. The molecule has 0 unspecified atom stereocenters. The lowest BCUT2D eigenvalue weighted by Gasteiger charge is -2.22. The van der Waals surface area contributed by atoms with Crippen molar-refractivity contribution in [2.45, 2.75) is 62.4 Å². The number of aromatic amines is 1. The normalized spacial score (nSPS) is 12.7. The molecule has 52 heavy (non-hydrogen) atoms. The van der Waals surface area contributed by atoms with Crippen molar-refractivity contribution in [2.75, 3.05) is 0 Å². The van der Waals surface area contributed by atoms with E-state index in [1.807, 2.05) is 0 Å². The van der Waals surface area contributed by atoms with Gasteiger partial charge in [0.1, 0.15) is 10.1 Å². The zero-order chi connectivity index (χ0) is 35.8. The number of hydrogen-bond donors (Lipinski definition) is 1. The molecule has 0 saturated heterocycles. The van der Waals surface area contributed by atoms with Gasteiger partial charge in [-0.2, -0.15) is 0 Å². The number of pyridine rings is 3. The molecule has 5 heteroatoms. The molecule has 4 aromatic carbocycles. The number of nitrogens with zero attached hydrogens (tertiary/aromatic N) is 3. The minimum atomic E-state index is -0.0920. The zero-order valence-corrected chi connectivity index (χ0v) is 31.2. The van der Waals surface area contributed by atoms with Crippen LogP contribution >= 0.6 is 11.8 Å². The van der Waals surface area contributed by atoms with Crippen molar-refractivity contribution < 1.29 is 0 Å². The summed E-state index contributed by atoms with van der Waals surface area (Å²) >= 11 is 1.59. The van der Waals surface area contributed by atoms with E-state index in [1.54, 1.807) is 11.8 Å². The molecule has 1 aliphatic heterocycles. The molecule has 0 amide bonds. The van der Waals surface area contributed by atoms with Crippen molar-refractivity contribution in [3.63, 3.8) is 0 Å². The van der Waals surface area contributed by atoms with E-state index < -0.39 is 0 Å². The quantitative estimate of drug-likeness (QED) is 0.196. The van der Waals surface area contributed by atoms with Crippen LogP contribution in [0, 0.1) is 0 Å². The molecule has 1 N–H and O–H groups in total. The summed E-state index contributed by atoms with van der Waals surface area (Å²) in [5, 5.41) is 4.17. The molecule has 0 atom stereocenters. The predicted octanol–water partition coefficient (Wildman–Crippen LogP) is 12.9. The van der Waals surface area contributed by atoms with Crippen LogP contribution in [0.3, 0.4) is 0 Å². The fourth-order valence-electron chi connectivity index (χ4n) is 7.19. The molecule has 0 saturated carbocycles. The number of nitrogens with one attached hydrogen (secondary N) is 1. The molecule has 9 rings (SSSR count). The highest BCUT2D eigenvalue weighted by atomic mass is 32.2. The first-order valence-corrected chi connectivity index (χ1v) is 18.8. The predicted molar refractivity (Wildman–Crippen MR) is 218 cm³/mol. The summed E-state index contributed by atoms with van der Waals surface area (Å²) in [7, 11) is 0. The fourth-order valence-corrected chi connectivity index (χ4v) is 8.02. The van der Waals surface area contributed by atoms with Gasteiger partial charge in [-0.05, 0) is 105 Å². The summed E-state index contributed by atoms with van der Waals surface area (Å²) in [5.41, 5.74) is 14.7. The fraction of sp³-hybridized carbons (Fsp3) is 0.170. The van der Waals surface area contributed by atoms with Gasteiger partial charge in [-0.15, -0.1) is 0 Å². The topological polar surface area (TPSA) is 54.5 Å². The highest BCUT2D eigenvalue weighted by molar-refractivity contribution is 7.99. The van der Waals surface area contributed by atoms with Crippen LogP contribution in [0.15, 0.2) is 137 Å². The second kappa shape index (κ2) is 12.0. The van der Waals surface area contributed by atoms with E-state index in [1.165, 1.54) is 21.9 Å². The Kier molecular flexibility index (Phi) is 7.49. The van der Waals surface area contributed by atoms with E-state index in [4.69, 9.17) is 15.0 Å². The van der Waals surface area contributed by atoms with Gasteiger partial charge in [0, 0.05) is 21.9 Å². The van der Waals surface area contributed by atoms with Crippen molar-refractivity contribution in [3.8, 4) is 56.2 Å². The van der Waals surface area contributed by atoms with Gasteiger partial charge in [0.15, 0.2) is 0 Å². The maximum atomic E-state index is 5.49. The van der Waals surface area contributed by atoms with Gasteiger partial charge >= 0.3 is 0 Å². The monoisotopic (exact) mass is 692 g/mol. The Labute approximate surface area is 309 Å². The van der Waals surface area contributed by atoms with Crippen LogP contribution in [0.5, 0.6) is 0 Å². The van der Waals surface area contributed by atoms with Crippen molar-refractivity contribution in [2.24, 2.45) is 0 Å². The van der Waals surface area contributed by atoms with Crippen molar-refractivity contribution in [3.05, 3.63) is 139 Å². The Bertz CT molecular complexity index is 2660. The Balaban J connectivity index is 1.45. The Morgan fingerprint density at radius 3 is 1.50 bits per heavy atom. The molecule has 8 bridgehead atoms. The molecule has 254 valence electrons. The van der Waals surface area contributed by atoms with E-state index in [0.29, 0.717) is 0 Å². The Morgan fingerprint density at radius 1 is 0.423 bits per heavy atom. The standard InChI is InChI=1S/C47H40N4S/c1-46(2,3)32-24-34-35-25-33(47(4,5)6)27-37-39-20-30(28-14-9-7-10-15-28)21-40(48-39)41-22-31(29-16-11-8-12-17-29)23-43(50-41)52-42-19-13-18-38(49-42)36(26-32)44(34)51-45(35)37/h7-27,51H,1-6H3. The number of H-pyrrole nitrogens is 1. The minimum Gasteiger partial charge on any atom is -0.353 e. The van der Waals surface area contributed by atoms with Crippen LogP contribution in [0.1, 0.15) is 52.7 Å². The van der Waals surface area contributed by atoms with Gasteiger partial charge in [-0.25, -0.2) is 15.0 Å². The first-order valence-electron chi connectivity index (χ1n) is 17.9. The lowest BCUT2D eigenvalue weighted by atomic mass is 9.83. The molecule has 0 fully saturated rings. The van der Waals surface area contributed by atoms with Gasteiger partial charge in [-0.1, -0.05) is 120 Å². The number of fused-ring (bicyclic) bond motifs is 10. The van der Waals surface area contributed by atoms with Gasteiger partial charge in [-0.3, -0.25) is 0 Å². The highest BCUT2D eigenvalue weighted by Crippen LogP contribution is 2.44. The van der Waals surface area contributed by atoms with E-state index in [-0.39, 0.29) is 10.8 Å². The highest BCUT2D eigenvalue weighted by Gasteiger charge is 2.25. The molecule has 0 spiro atoms. The molecular weight excluding hydrogens is 653 g/mol. The van der Waals surface area contributed by atoms with Gasteiger partial charge in [0.25, 0.3) is 0 Å². The summed E-state index contributed by atoms with van der Waals surface area (Å²) in [4.78, 5) is 20.0. The third-order valence-electron chi connectivity index (χ3n) is 10.1. The van der Waals surface area contributed by atoms with Gasteiger partial charge in [0.2, 0.25) is 0 Å². The summed E-state index contributed by atoms with van der Waals surface area (Å²) < 4.78 is 0. The third kappa shape index (κ3) is 5.79.